The molecule has 1 aliphatic rings. The van der Waals surface area contributed by atoms with Gasteiger partial charge in [0.1, 0.15) is 0 Å². The average molecular weight is 263 g/mol. The molecule has 0 spiro atoms. The lowest BCUT2D eigenvalue weighted by Gasteiger charge is -2.28. The summed E-state index contributed by atoms with van der Waals surface area (Å²) in [6, 6.07) is 0. The van der Waals surface area contributed by atoms with Gasteiger partial charge in [0.25, 0.3) is 0 Å². The third-order valence-corrected chi connectivity index (χ3v) is 3.00. The lowest BCUT2D eigenvalue weighted by molar-refractivity contribution is -0.167. The van der Waals surface area contributed by atoms with Gasteiger partial charge in [-0.3, -0.25) is 9.59 Å². The van der Waals surface area contributed by atoms with E-state index in [4.69, 9.17) is 5.11 Å². The molecule has 78 valence electrons. The van der Waals surface area contributed by atoms with Crippen LogP contribution in [0.2, 0.25) is 0 Å². The quantitative estimate of drug-likeness (QED) is 0.608. The zero-order valence-electron chi connectivity index (χ0n) is 7.75. The maximum Gasteiger partial charge on any atom is 0.323 e. The summed E-state index contributed by atoms with van der Waals surface area (Å²) in [4.78, 5) is 22.5. The number of aliphatic carboxylic acids is 1. The van der Waals surface area contributed by atoms with Crippen molar-refractivity contribution in [1.29, 1.82) is 0 Å². The second-order valence-corrected chi connectivity index (χ2v) is 4.26. The number of esters is 1. The first-order valence-electron chi connectivity index (χ1n) is 4.19. The molecule has 5 heteroatoms. The van der Waals surface area contributed by atoms with Crippen LogP contribution >= 0.6 is 15.9 Å². The zero-order chi connectivity index (χ0) is 10.8. The van der Waals surface area contributed by atoms with Crippen molar-refractivity contribution in [3.8, 4) is 0 Å². The first-order valence-corrected chi connectivity index (χ1v) is 4.98. The molecule has 1 rings (SSSR count). The van der Waals surface area contributed by atoms with Gasteiger partial charge < -0.3 is 9.84 Å². The molecule has 4 nitrogen and oxygen atoms in total. The summed E-state index contributed by atoms with van der Waals surface area (Å²) in [6.45, 7) is 0. The molecule has 0 aromatic rings. The van der Waals surface area contributed by atoms with Crippen LogP contribution in [0.5, 0.6) is 0 Å². The molecule has 0 aromatic heterocycles. The van der Waals surface area contributed by atoms with E-state index in [9.17, 15) is 9.59 Å². The molecule has 0 heterocycles. The minimum absolute atomic E-state index is 0.176. The Morgan fingerprint density at radius 1 is 1.64 bits per heavy atom. The summed E-state index contributed by atoms with van der Waals surface area (Å²) >= 11 is 3.22. The summed E-state index contributed by atoms with van der Waals surface area (Å²) < 4.78 is 5.28. The molecule has 0 amide bonds. The fraction of sp³-hybridized carbons (Fsp3) is 0.556. The van der Waals surface area contributed by atoms with Gasteiger partial charge in [-0.05, 0) is 17.3 Å². The third kappa shape index (κ3) is 1.82. The van der Waals surface area contributed by atoms with Gasteiger partial charge in [0.05, 0.1) is 7.11 Å². The molecule has 1 N–H and O–H groups in total. The van der Waals surface area contributed by atoms with Crippen LogP contribution in [0.25, 0.3) is 0 Å². The fourth-order valence-electron chi connectivity index (χ4n) is 1.56. The number of rotatable bonds is 2. The van der Waals surface area contributed by atoms with E-state index in [1.807, 2.05) is 6.08 Å². The molecule has 14 heavy (non-hydrogen) atoms. The van der Waals surface area contributed by atoms with Gasteiger partial charge in [-0.2, -0.15) is 0 Å². The van der Waals surface area contributed by atoms with Crippen LogP contribution in [0.4, 0.5) is 0 Å². The van der Waals surface area contributed by atoms with Crippen molar-refractivity contribution in [3.63, 3.8) is 0 Å². The lowest BCUT2D eigenvalue weighted by Crippen LogP contribution is -2.41. The number of methoxy groups -OCH3 is 1. The highest BCUT2D eigenvalue weighted by molar-refractivity contribution is 9.11. The van der Waals surface area contributed by atoms with Crippen LogP contribution in [0, 0.1) is 5.41 Å². The number of hydrogen-bond donors (Lipinski definition) is 1. The van der Waals surface area contributed by atoms with Gasteiger partial charge in [0, 0.05) is 6.42 Å². The highest BCUT2D eigenvalue weighted by Crippen LogP contribution is 2.39. The van der Waals surface area contributed by atoms with Crippen molar-refractivity contribution >= 4 is 27.9 Å². The van der Waals surface area contributed by atoms with E-state index >= 15 is 0 Å². The smallest absolute Gasteiger partial charge is 0.323 e. The van der Waals surface area contributed by atoms with Crippen LogP contribution in [-0.4, -0.2) is 24.2 Å². The fourth-order valence-corrected chi connectivity index (χ4v) is 2.27. The van der Waals surface area contributed by atoms with Crippen LogP contribution < -0.4 is 0 Å². The molecule has 1 atom stereocenters. The van der Waals surface area contributed by atoms with E-state index in [-0.39, 0.29) is 6.42 Å². The number of carbonyl (C=O) groups excluding carboxylic acids is 1. The first kappa shape index (κ1) is 11.2. The molecular formula is C9H11BrO4. The molecule has 0 saturated heterocycles. The zero-order valence-corrected chi connectivity index (χ0v) is 9.33. The number of carboxylic acid groups (broad SMARTS) is 1. The van der Waals surface area contributed by atoms with Crippen molar-refractivity contribution in [1.82, 2.24) is 0 Å². The normalized spacial score (nSPS) is 26.6. The standard InChI is InChI=1S/C9H11BrO4/c1-14-8(13)9(7(11)12)4-2-3-6(10)5-9/h3H,2,4-5H2,1H3,(H,11,12). The van der Waals surface area contributed by atoms with Gasteiger partial charge in [0.2, 0.25) is 0 Å². The van der Waals surface area contributed by atoms with Crippen molar-refractivity contribution < 1.29 is 19.4 Å². The third-order valence-electron chi connectivity index (χ3n) is 2.39. The highest BCUT2D eigenvalue weighted by atomic mass is 79.9. The molecule has 0 bridgehead atoms. The second-order valence-electron chi connectivity index (χ2n) is 3.25. The Balaban J connectivity index is 3.00. The van der Waals surface area contributed by atoms with Gasteiger partial charge in [-0.25, -0.2) is 0 Å². The maximum absolute atomic E-state index is 11.4. The minimum Gasteiger partial charge on any atom is -0.480 e. The molecule has 1 unspecified atom stereocenters. The van der Waals surface area contributed by atoms with E-state index in [0.29, 0.717) is 12.8 Å². The molecule has 0 saturated carbocycles. The molecule has 0 aliphatic heterocycles. The Bertz CT molecular complexity index is 297. The van der Waals surface area contributed by atoms with Crippen molar-refractivity contribution in [2.45, 2.75) is 19.3 Å². The number of allylic oxidation sites excluding steroid dienone is 2. The summed E-state index contributed by atoms with van der Waals surface area (Å²) in [5.74, 6) is -1.79. The first-order chi connectivity index (χ1) is 6.53. The van der Waals surface area contributed by atoms with Crippen LogP contribution in [-0.2, 0) is 14.3 Å². The SMILES string of the molecule is COC(=O)C1(C(=O)O)CCC=C(Br)C1. The maximum atomic E-state index is 11.4. The molecule has 0 fully saturated rings. The second kappa shape index (κ2) is 4.13. The lowest BCUT2D eigenvalue weighted by atomic mass is 9.77. The summed E-state index contributed by atoms with van der Waals surface area (Å²) in [5.41, 5.74) is -1.40. The van der Waals surface area contributed by atoms with Crippen LogP contribution in [0.15, 0.2) is 10.6 Å². The van der Waals surface area contributed by atoms with E-state index in [1.54, 1.807) is 0 Å². The summed E-state index contributed by atoms with van der Waals surface area (Å²) in [7, 11) is 1.21. The van der Waals surface area contributed by atoms with E-state index in [0.717, 1.165) is 4.48 Å². The van der Waals surface area contributed by atoms with Gasteiger partial charge in [-0.15, -0.1) is 0 Å². The number of hydrogen-bond acceptors (Lipinski definition) is 3. The predicted octanol–water partition coefficient (Wildman–Crippen LogP) is 1.69. The van der Waals surface area contributed by atoms with Gasteiger partial charge in [0.15, 0.2) is 5.41 Å². The summed E-state index contributed by atoms with van der Waals surface area (Å²) in [5, 5.41) is 9.06. The minimum atomic E-state index is -1.40. The highest BCUT2D eigenvalue weighted by Gasteiger charge is 2.48. The molecule has 0 aromatic carbocycles. The summed E-state index contributed by atoms with van der Waals surface area (Å²) in [6.07, 6.45) is 2.92. The number of carboxylic acids is 1. The Morgan fingerprint density at radius 3 is 2.71 bits per heavy atom. The van der Waals surface area contributed by atoms with Crippen molar-refractivity contribution in [2.75, 3.05) is 7.11 Å². The van der Waals surface area contributed by atoms with Crippen molar-refractivity contribution in [3.05, 3.63) is 10.6 Å². The largest absolute Gasteiger partial charge is 0.480 e. The number of carbonyl (C=O) groups is 2. The number of halogens is 1. The Morgan fingerprint density at radius 2 is 2.29 bits per heavy atom. The Hall–Kier alpha value is -0.840. The van der Waals surface area contributed by atoms with Crippen LogP contribution in [0.1, 0.15) is 19.3 Å². The van der Waals surface area contributed by atoms with Gasteiger partial charge >= 0.3 is 11.9 Å². The Labute approximate surface area is 90.1 Å². The topological polar surface area (TPSA) is 63.6 Å². The number of ether oxygens (including phenoxy) is 1. The molecular weight excluding hydrogens is 252 g/mol. The van der Waals surface area contributed by atoms with Crippen molar-refractivity contribution in [2.24, 2.45) is 5.41 Å². The van der Waals surface area contributed by atoms with E-state index in [2.05, 4.69) is 20.7 Å². The molecule has 1 aliphatic carbocycles. The Kier molecular flexibility index (Phi) is 3.31. The molecule has 0 radical (unpaired) electrons. The monoisotopic (exact) mass is 262 g/mol. The van der Waals surface area contributed by atoms with E-state index in [1.165, 1.54) is 7.11 Å². The van der Waals surface area contributed by atoms with Crippen LogP contribution in [0.3, 0.4) is 0 Å². The van der Waals surface area contributed by atoms with E-state index < -0.39 is 17.4 Å². The van der Waals surface area contributed by atoms with Gasteiger partial charge in [-0.1, -0.05) is 22.0 Å². The average Bonchev–Trinajstić information content (AvgIpc) is 2.16. The predicted molar refractivity (Wildman–Crippen MR) is 52.9 cm³/mol.